The fourth-order valence-corrected chi connectivity index (χ4v) is 5.05. The maximum absolute atomic E-state index is 12.9. The molecule has 4 heterocycles. The Morgan fingerprint density at radius 2 is 1.79 bits per heavy atom. The van der Waals surface area contributed by atoms with Gasteiger partial charge in [0, 0.05) is 42.8 Å². The Balaban J connectivity index is 1.67. The molecule has 5 rings (SSSR count). The number of aromatic nitrogens is 3. The van der Waals surface area contributed by atoms with Crippen LogP contribution in [-0.2, 0) is 13.2 Å². The molecule has 1 aliphatic heterocycles. The molecular formula is C20H17F3N4OS. The lowest BCUT2D eigenvalue weighted by Crippen LogP contribution is -2.26. The van der Waals surface area contributed by atoms with E-state index in [0.717, 1.165) is 53.7 Å². The lowest BCUT2D eigenvalue weighted by atomic mass is 10.2. The van der Waals surface area contributed by atoms with Crippen molar-refractivity contribution in [2.24, 2.45) is 7.05 Å². The van der Waals surface area contributed by atoms with Crippen LogP contribution < -0.4 is 0 Å². The first-order chi connectivity index (χ1) is 13.8. The van der Waals surface area contributed by atoms with Gasteiger partial charge in [-0.3, -0.25) is 14.0 Å². The van der Waals surface area contributed by atoms with Crippen molar-refractivity contribution >= 4 is 38.5 Å². The molecule has 0 saturated carbocycles. The Labute approximate surface area is 167 Å². The molecule has 29 heavy (non-hydrogen) atoms. The molecule has 0 spiro atoms. The second-order valence-electron chi connectivity index (χ2n) is 7.25. The van der Waals surface area contributed by atoms with Gasteiger partial charge in [-0.05, 0) is 43.2 Å². The molecule has 1 amide bonds. The summed E-state index contributed by atoms with van der Waals surface area (Å²) >= 11 is 1.36. The molecule has 1 aliphatic rings. The van der Waals surface area contributed by atoms with Crippen LogP contribution in [-0.4, -0.2) is 38.2 Å². The molecule has 9 heteroatoms. The van der Waals surface area contributed by atoms with E-state index in [-0.39, 0.29) is 5.91 Å². The predicted octanol–water partition coefficient (Wildman–Crippen LogP) is 4.83. The second-order valence-corrected chi connectivity index (χ2v) is 8.28. The summed E-state index contributed by atoms with van der Waals surface area (Å²) in [4.78, 5) is 16.1. The zero-order valence-corrected chi connectivity index (χ0v) is 16.3. The molecular weight excluding hydrogens is 401 g/mol. The minimum Gasteiger partial charge on any atom is -0.338 e. The van der Waals surface area contributed by atoms with Gasteiger partial charge in [0.2, 0.25) is 0 Å². The van der Waals surface area contributed by atoms with E-state index in [2.05, 4.69) is 5.10 Å². The van der Waals surface area contributed by atoms with E-state index in [1.54, 1.807) is 11.7 Å². The fraction of sp³-hybridized carbons (Fsp3) is 0.300. The molecule has 3 aromatic heterocycles. The van der Waals surface area contributed by atoms with Crippen molar-refractivity contribution < 1.29 is 18.0 Å². The zero-order valence-electron chi connectivity index (χ0n) is 15.5. The molecule has 150 valence electrons. The van der Waals surface area contributed by atoms with Gasteiger partial charge in [-0.25, -0.2) is 0 Å². The van der Waals surface area contributed by atoms with Crippen molar-refractivity contribution in [2.45, 2.75) is 19.0 Å². The highest BCUT2D eigenvalue weighted by Gasteiger charge is 2.30. The molecule has 4 aromatic rings. The number of nitrogens with zero attached hydrogens (tertiary/aromatic N) is 4. The highest BCUT2D eigenvalue weighted by Crippen LogP contribution is 2.38. The molecule has 1 aromatic carbocycles. The standard InChI is InChI=1S/C20H17F3N4OS/c1-25-11-15-14-10-16(18(28)26-8-2-3-9-26)29-19(14)27(17(15)24-25)13-6-4-12(5-7-13)20(21,22)23/h4-7,10-11H,2-3,8-9H2,1H3. The number of halogens is 3. The third-order valence-corrected chi connectivity index (χ3v) is 6.39. The normalized spacial score (nSPS) is 15.1. The topological polar surface area (TPSA) is 43.1 Å². The van der Waals surface area contributed by atoms with Crippen LogP contribution in [0, 0.1) is 0 Å². The van der Waals surface area contributed by atoms with Crippen molar-refractivity contribution in [1.82, 2.24) is 19.2 Å². The number of carbonyl (C=O) groups excluding carboxylic acids is 1. The number of carbonyl (C=O) groups is 1. The summed E-state index contributed by atoms with van der Waals surface area (Å²) in [6, 6.07) is 6.90. The Kier molecular flexibility index (Phi) is 3.99. The molecule has 0 radical (unpaired) electrons. The first-order valence-corrected chi connectivity index (χ1v) is 10.1. The van der Waals surface area contributed by atoms with Crippen LogP contribution >= 0.6 is 11.3 Å². The largest absolute Gasteiger partial charge is 0.416 e. The number of benzene rings is 1. The minimum atomic E-state index is -4.39. The molecule has 0 aliphatic carbocycles. The fourth-order valence-electron chi connectivity index (χ4n) is 3.89. The zero-order chi connectivity index (χ0) is 20.3. The average Bonchev–Trinajstić information content (AvgIpc) is 3.43. The number of hydrogen-bond acceptors (Lipinski definition) is 3. The quantitative estimate of drug-likeness (QED) is 0.468. The van der Waals surface area contributed by atoms with Gasteiger partial charge in [0.05, 0.1) is 10.4 Å². The van der Waals surface area contributed by atoms with Crippen LogP contribution in [0.25, 0.3) is 26.9 Å². The van der Waals surface area contributed by atoms with Gasteiger partial charge >= 0.3 is 6.18 Å². The van der Waals surface area contributed by atoms with E-state index in [1.165, 1.54) is 23.5 Å². The summed E-state index contributed by atoms with van der Waals surface area (Å²) in [7, 11) is 1.80. The van der Waals surface area contributed by atoms with Crippen molar-refractivity contribution in [2.75, 3.05) is 13.1 Å². The number of likely N-dealkylation sites (tertiary alicyclic amines) is 1. The van der Waals surface area contributed by atoms with Crippen LogP contribution in [0.2, 0.25) is 0 Å². The van der Waals surface area contributed by atoms with Crippen LogP contribution in [0.15, 0.2) is 36.5 Å². The monoisotopic (exact) mass is 418 g/mol. The SMILES string of the molecule is Cn1cc2c3cc(C(=O)N4CCCC4)sc3n(-c3ccc(C(F)(F)F)cc3)c2n1. The van der Waals surface area contributed by atoms with Crippen molar-refractivity contribution in [3.63, 3.8) is 0 Å². The highest BCUT2D eigenvalue weighted by molar-refractivity contribution is 7.20. The van der Waals surface area contributed by atoms with Crippen LogP contribution in [0.3, 0.4) is 0 Å². The van der Waals surface area contributed by atoms with E-state index in [0.29, 0.717) is 16.2 Å². The average molecular weight is 418 g/mol. The van der Waals surface area contributed by atoms with Gasteiger partial charge in [0.1, 0.15) is 4.83 Å². The number of hydrogen-bond donors (Lipinski definition) is 0. The highest BCUT2D eigenvalue weighted by atomic mass is 32.1. The van der Waals surface area contributed by atoms with E-state index >= 15 is 0 Å². The Morgan fingerprint density at radius 1 is 1.10 bits per heavy atom. The number of rotatable bonds is 2. The van der Waals surface area contributed by atoms with Gasteiger partial charge in [-0.1, -0.05) is 0 Å². The molecule has 1 fully saturated rings. The molecule has 0 bridgehead atoms. The van der Waals surface area contributed by atoms with Crippen molar-refractivity contribution in [1.29, 1.82) is 0 Å². The lowest BCUT2D eigenvalue weighted by molar-refractivity contribution is -0.137. The van der Waals surface area contributed by atoms with Gasteiger partial charge in [-0.15, -0.1) is 11.3 Å². The maximum Gasteiger partial charge on any atom is 0.416 e. The molecule has 0 atom stereocenters. The second kappa shape index (κ2) is 6.35. The molecule has 5 nitrogen and oxygen atoms in total. The van der Waals surface area contributed by atoms with Crippen molar-refractivity contribution in [3.8, 4) is 5.69 Å². The minimum absolute atomic E-state index is 0.0136. The summed E-state index contributed by atoms with van der Waals surface area (Å²) < 4.78 is 42.3. The summed E-state index contributed by atoms with van der Waals surface area (Å²) in [6.45, 7) is 1.53. The van der Waals surface area contributed by atoms with E-state index < -0.39 is 11.7 Å². The van der Waals surface area contributed by atoms with E-state index in [4.69, 9.17) is 0 Å². The van der Waals surface area contributed by atoms with Gasteiger partial charge in [0.25, 0.3) is 5.91 Å². The third kappa shape index (κ3) is 2.91. The van der Waals surface area contributed by atoms with E-state index in [1.807, 2.05) is 21.7 Å². The maximum atomic E-state index is 12.9. The Bertz CT molecular complexity index is 1230. The summed E-state index contributed by atoms with van der Waals surface area (Å²) in [6.07, 6.45) is -0.485. The van der Waals surface area contributed by atoms with Gasteiger partial charge < -0.3 is 4.90 Å². The Morgan fingerprint density at radius 3 is 2.45 bits per heavy atom. The third-order valence-electron chi connectivity index (χ3n) is 5.28. The molecule has 1 saturated heterocycles. The summed E-state index contributed by atoms with van der Waals surface area (Å²) in [5, 5.41) is 6.25. The predicted molar refractivity (Wildman–Crippen MR) is 106 cm³/mol. The molecule has 0 unspecified atom stereocenters. The number of amides is 1. The number of aryl methyl sites for hydroxylation is 1. The Hall–Kier alpha value is -2.81. The number of alkyl halides is 3. The molecule has 0 N–H and O–H groups in total. The van der Waals surface area contributed by atoms with Gasteiger partial charge in [0.15, 0.2) is 5.65 Å². The summed E-state index contributed by atoms with van der Waals surface area (Å²) in [5.74, 6) is 0.0136. The first-order valence-electron chi connectivity index (χ1n) is 9.27. The first kappa shape index (κ1) is 18.2. The van der Waals surface area contributed by atoms with Crippen LogP contribution in [0.5, 0.6) is 0 Å². The van der Waals surface area contributed by atoms with Crippen LogP contribution in [0.1, 0.15) is 28.1 Å². The number of thiophene rings is 1. The van der Waals surface area contributed by atoms with Gasteiger partial charge in [-0.2, -0.15) is 18.3 Å². The number of fused-ring (bicyclic) bond motifs is 3. The van der Waals surface area contributed by atoms with Crippen LogP contribution in [0.4, 0.5) is 13.2 Å². The lowest BCUT2D eigenvalue weighted by Gasteiger charge is -2.13. The summed E-state index contributed by atoms with van der Waals surface area (Å²) in [5.41, 5.74) is 0.547. The van der Waals surface area contributed by atoms with E-state index in [9.17, 15) is 18.0 Å². The van der Waals surface area contributed by atoms with Crippen molar-refractivity contribution in [3.05, 3.63) is 47.0 Å². The smallest absolute Gasteiger partial charge is 0.338 e.